The number of nitrogens with two attached hydrogens (primary N) is 1. The van der Waals surface area contributed by atoms with E-state index in [2.05, 4.69) is 20.7 Å². The Morgan fingerprint density at radius 2 is 2.00 bits per heavy atom. The summed E-state index contributed by atoms with van der Waals surface area (Å²) in [6, 6.07) is 7.95. The number of carbonyl (C=O) groups excluding carboxylic acids is 3. The molecule has 13 heteroatoms. The van der Waals surface area contributed by atoms with Gasteiger partial charge in [-0.05, 0) is 24.1 Å². The molecular weight excluding hydrogens is 479 g/mol. The van der Waals surface area contributed by atoms with Crippen molar-refractivity contribution in [1.82, 2.24) is 14.8 Å². The minimum Gasteiger partial charge on any atom is -0.351 e. The van der Waals surface area contributed by atoms with Gasteiger partial charge in [-0.2, -0.15) is 0 Å². The predicted molar refractivity (Wildman–Crippen MR) is 127 cm³/mol. The van der Waals surface area contributed by atoms with Gasteiger partial charge in [0.2, 0.25) is 5.91 Å². The Kier molecular flexibility index (Phi) is 6.76. The second kappa shape index (κ2) is 9.92. The smallest absolute Gasteiger partial charge is 0.323 e. The second-order valence-electron chi connectivity index (χ2n) is 7.83. The van der Waals surface area contributed by atoms with Gasteiger partial charge in [-0.15, -0.1) is 0 Å². The van der Waals surface area contributed by atoms with Crippen molar-refractivity contribution in [2.75, 3.05) is 11.9 Å². The van der Waals surface area contributed by atoms with E-state index in [1.165, 1.54) is 27.8 Å². The number of hydrogen-bond acceptors (Lipinski definition) is 4. The van der Waals surface area contributed by atoms with E-state index < -0.39 is 35.9 Å². The molecule has 4 N–H and O–H groups in total. The quantitative estimate of drug-likeness (QED) is 0.276. The highest BCUT2D eigenvalue weighted by atomic mass is 35.5. The van der Waals surface area contributed by atoms with Crippen molar-refractivity contribution in [2.24, 2.45) is 10.8 Å². The number of rotatable bonds is 5. The van der Waals surface area contributed by atoms with E-state index in [0.717, 1.165) is 0 Å². The van der Waals surface area contributed by atoms with Gasteiger partial charge in [-0.3, -0.25) is 9.36 Å². The molecule has 0 saturated carbocycles. The maximum Gasteiger partial charge on any atom is 0.323 e. The molecule has 4 rings (SSSR count). The molecule has 0 radical (unpaired) electrons. The van der Waals surface area contributed by atoms with E-state index in [-0.39, 0.29) is 30.1 Å². The van der Waals surface area contributed by atoms with Gasteiger partial charge in [-0.1, -0.05) is 47.0 Å². The zero-order valence-electron chi connectivity index (χ0n) is 18.2. The number of nitrogens with zero attached hydrogens (tertiary/aromatic N) is 5. The van der Waals surface area contributed by atoms with E-state index in [0.29, 0.717) is 16.6 Å². The fraction of sp³-hybridized carbons (Fsp3) is 0.227. The Bertz CT molecular complexity index is 1370. The van der Waals surface area contributed by atoms with Crippen molar-refractivity contribution in [3.63, 3.8) is 0 Å². The van der Waals surface area contributed by atoms with Gasteiger partial charge in [0.1, 0.15) is 11.9 Å². The van der Waals surface area contributed by atoms with Crippen LogP contribution in [-0.2, 0) is 11.3 Å². The standard InChI is InChI=1S/C22H20ClFN8O3/c23-14-6-3-4-12(18(14)24)10-27-20(33)19-15(29-30-26)8-9-31(19)22(35)28-16-11-32(21(25)34)17-7-2-1-5-13(16)17/h1-7,11,15,19H,8-10H2,(H2,25,34)(H,27,33)(H,28,35)/t15-,19+/m1/s1. The number of aromatic nitrogens is 1. The number of benzene rings is 2. The Balaban J connectivity index is 1.56. The van der Waals surface area contributed by atoms with E-state index in [1.54, 1.807) is 30.3 Å². The van der Waals surface area contributed by atoms with Crippen LogP contribution in [0.2, 0.25) is 5.02 Å². The van der Waals surface area contributed by atoms with Crippen LogP contribution in [-0.4, -0.2) is 46.1 Å². The van der Waals surface area contributed by atoms with Crippen LogP contribution in [0.15, 0.2) is 53.8 Å². The molecule has 1 saturated heterocycles. The van der Waals surface area contributed by atoms with Crippen LogP contribution in [0, 0.1) is 5.82 Å². The van der Waals surface area contributed by atoms with E-state index in [4.69, 9.17) is 22.9 Å². The number of hydrogen-bond donors (Lipinski definition) is 3. The minimum absolute atomic E-state index is 0.0827. The summed E-state index contributed by atoms with van der Waals surface area (Å²) in [6.07, 6.45) is 1.65. The van der Waals surface area contributed by atoms with Crippen molar-refractivity contribution in [3.8, 4) is 0 Å². The summed E-state index contributed by atoms with van der Waals surface area (Å²) in [4.78, 5) is 42.0. The predicted octanol–water partition coefficient (Wildman–Crippen LogP) is 3.96. The SMILES string of the molecule is [N-]=[N+]=N[C@@H]1CCN(C(=O)Nc2cn(C(N)=O)c3ccccc23)[C@@H]1C(=O)NCc1cccc(Cl)c1F. The Hall–Kier alpha value is -4.28. The number of para-hydroxylation sites is 1. The van der Waals surface area contributed by atoms with Crippen LogP contribution >= 0.6 is 11.6 Å². The molecule has 0 unspecified atom stereocenters. The first-order valence-electron chi connectivity index (χ1n) is 10.5. The Morgan fingerprint density at radius 3 is 2.74 bits per heavy atom. The van der Waals surface area contributed by atoms with Crippen molar-refractivity contribution < 1.29 is 18.8 Å². The van der Waals surface area contributed by atoms with Crippen LogP contribution < -0.4 is 16.4 Å². The van der Waals surface area contributed by atoms with Crippen LogP contribution in [0.5, 0.6) is 0 Å². The highest BCUT2D eigenvalue weighted by Gasteiger charge is 2.41. The van der Waals surface area contributed by atoms with Gasteiger partial charge in [0.05, 0.1) is 22.3 Å². The van der Waals surface area contributed by atoms with Crippen molar-refractivity contribution in [1.29, 1.82) is 0 Å². The molecule has 2 aromatic carbocycles. The summed E-state index contributed by atoms with van der Waals surface area (Å²) in [7, 11) is 0. The monoisotopic (exact) mass is 498 g/mol. The number of primary amides is 1. The molecule has 3 aromatic rings. The van der Waals surface area contributed by atoms with E-state index >= 15 is 0 Å². The first kappa shape index (κ1) is 23.9. The third-order valence-corrected chi connectivity index (χ3v) is 6.06. The molecule has 2 atom stereocenters. The van der Waals surface area contributed by atoms with Gasteiger partial charge < -0.3 is 21.3 Å². The van der Waals surface area contributed by atoms with Crippen LogP contribution in [0.25, 0.3) is 21.3 Å². The summed E-state index contributed by atoms with van der Waals surface area (Å²) < 4.78 is 15.4. The summed E-state index contributed by atoms with van der Waals surface area (Å²) in [6.45, 7) is -0.0418. The third kappa shape index (κ3) is 4.70. The van der Waals surface area contributed by atoms with Gasteiger partial charge in [-0.25, -0.2) is 14.0 Å². The normalized spacial score (nSPS) is 17.1. The number of azide groups is 1. The lowest BCUT2D eigenvalue weighted by Crippen LogP contribution is -2.50. The second-order valence-corrected chi connectivity index (χ2v) is 8.24. The maximum absolute atomic E-state index is 14.2. The molecular formula is C22H20ClFN8O3. The highest BCUT2D eigenvalue weighted by Crippen LogP contribution is 2.28. The molecule has 0 aliphatic carbocycles. The number of carbonyl (C=O) groups is 3. The van der Waals surface area contributed by atoms with Crippen molar-refractivity contribution in [3.05, 3.63) is 75.5 Å². The molecule has 1 aliphatic rings. The number of nitrogens with one attached hydrogen (secondary N) is 2. The maximum atomic E-state index is 14.2. The first-order valence-corrected chi connectivity index (χ1v) is 10.9. The van der Waals surface area contributed by atoms with E-state index in [9.17, 15) is 18.8 Å². The number of urea groups is 1. The first-order chi connectivity index (χ1) is 16.8. The van der Waals surface area contributed by atoms with Gasteiger partial charge in [0.15, 0.2) is 0 Å². The molecule has 0 bridgehead atoms. The van der Waals surface area contributed by atoms with Crippen molar-refractivity contribution >= 4 is 46.2 Å². The highest BCUT2D eigenvalue weighted by molar-refractivity contribution is 6.30. The van der Waals surface area contributed by atoms with Gasteiger partial charge in [0, 0.05) is 35.1 Å². The number of halogens is 2. The zero-order valence-corrected chi connectivity index (χ0v) is 18.9. The molecule has 4 amide bonds. The molecule has 180 valence electrons. The minimum atomic E-state index is -1.13. The molecule has 35 heavy (non-hydrogen) atoms. The lowest BCUT2D eigenvalue weighted by Gasteiger charge is -2.26. The molecule has 0 spiro atoms. The molecule has 1 aromatic heterocycles. The molecule has 11 nitrogen and oxygen atoms in total. The number of amides is 4. The average Bonchev–Trinajstić information content (AvgIpc) is 3.42. The Morgan fingerprint density at radius 1 is 1.23 bits per heavy atom. The summed E-state index contributed by atoms with van der Waals surface area (Å²) in [5.74, 6) is -1.28. The fourth-order valence-corrected chi connectivity index (χ4v) is 4.32. The Labute approximate surface area is 203 Å². The summed E-state index contributed by atoms with van der Waals surface area (Å²) in [5.41, 5.74) is 15.3. The average molecular weight is 499 g/mol. The lowest BCUT2D eigenvalue weighted by molar-refractivity contribution is -0.125. The van der Waals surface area contributed by atoms with Gasteiger partial charge in [0.25, 0.3) is 0 Å². The summed E-state index contributed by atoms with van der Waals surface area (Å²) >= 11 is 5.79. The van der Waals surface area contributed by atoms with Crippen molar-refractivity contribution in [2.45, 2.75) is 25.0 Å². The van der Waals surface area contributed by atoms with E-state index in [1.807, 2.05) is 0 Å². The zero-order chi connectivity index (χ0) is 25.1. The molecule has 1 fully saturated rings. The fourth-order valence-electron chi connectivity index (χ4n) is 4.13. The molecule has 1 aliphatic heterocycles. The number of fused-ring (bicyclic) bond motifs is 1. The topological polar surface area (TPSA) is 158 Å². The van der Waals surface area contributed by atoms with Crippen LogP contribution in [0.4, 0.5) is 19.7 Å². The number of anilines is 1. The largest absolute Gasteiger partial charge is 0.351 e. The van der Waals surface area contributed by atoms with Gasteiger partial charge >= 0.3 is 12.1 Å². The number of likely N-dealkylation sites (tertiary alicyclic amines) is 1. The van der Waals surface area contributed by atoms with Crippen LogP contribution in [0.1, 0.15) is 12.0 Å². The third-order valence-electron chi connectivity index (χ3n) is 5.77. The molecule has 2 heterocycles. The lowest BCUT2D eigenvalue weighted by atomic mass is 10.1. The summed E-state index contributed by atoms with van der Waals surface area (Å²) in [5, 5.41) is 9.45. The van der Waals surface area contributed by atoms with Crippen LogP contribution in [0.3, 0.4) is 0 Å².